The number of benzene rings is 2. The van der Waals surface area contributed by atoms with E-state index in [-0.39, 0.29) is 5.91 Å². The third-order valence-corrected chi connectivity index (χ3v) is 4.78. The minimum atomic E-state index is -0.0917. The minimum absolute atomic E-state index is 0.0917. The van der Waals surface area contributed by atoms with Crippen LogP contribution in [0.25, 0.3) is 5.69 Å². The van der Waals surface area contributed by atoms with Crippen molar-refractivity contribution in [1.82, 2.24) is 19.9 Å². The number of amides is 1. The Morgan fingerprint density at radius 1 is 0.923 bits per heavy atom. The lowest BCUT2D eigenvalue weighted by Crippen LogP contribution is -2.49. The van der Waals surface area contributed by atoms with Crippen LogP contribution in [-0.2, 0) is 0 Å². The van der Waals surface area contributed by atoms with Crippen molar-refractivity contribution in [3.8, 4) is 5.69 Å². The van der Waals surface area contributed by atoms with Crippen molar-refractivity contribution in [2.45, 2.75) is 0 Å². The molecule has 1 saturated heterocycles. The third kappa shape index (κ3) is 3.28. The molecule has 0 radical (unpaired) electrons. The lowest BCUT2D eigenvalue weighted by atomic mass is 10.2. The van der Waals surface area contributed by atoms with Gasteiger partial charge in [0.05, 0.1) is 22.6 Å². The van der Waals surface area contributed by atoms with Crippen molar-refractivity contribution >= 4 is 23.2 Å². The molecular formula is C19H18ClN5O. The van der Waals surface area contributed by atoms with E-state index in [2.05, 4.69) is 15.1 Å². The number of piperazine rings is 1. The number of carbonyl (C=O) groups excluding carboxylic acids is 1. The summed E-state index contributed by atoms with van der Waals surface area (Å²) in [6.45, 7) is 2.73. The number of anilines is 1. The van der Waals surface area contributed by atoms with E-state index in [0.29, 0.717) is 18.8 Å². The van der Waals surface area contributed by atoms with Crippen molar-refractivity contribution < 1.29 is 4.79 Å². The molecule has 0 saturated carbocycles. The van der Waals surface area contributed by atoms with E-state index in [4.69, 9.17) is 11.6 Å². The second-order valence-corrected chi connectivity index (χ2v) is 6.49. The summed E-state index contributed by atoms with van der Waals surface area (Å²) in [6, 6.07) is 17.3. The summed E-state index contributed by atoms with van der Waals surface area (Å²) in [5.74, 6) is -0.0917. The van der Waals surface area contributed by atoms with E-state index >= 15 is 0 Å². The summed E-state index contributed by atoms with van der Waals surface area (Å²) < 4.78 is 0. The fraction of sp³-hybridized carbons (Fsp3) is 0.211. The maximum absolute atomic E-state index is 12.7. The summed E-state index contributed by atoms with van der Waals surface area (Å²) in [4.78, 5) is 18.2. The minimum Gasteiger partial charge on any atom is -0.367 e. The average Bonchev–Trinajstić information content (AvgIpc) is 3.19. The van der Waals surface area contributed by atoms with E-state index in [9.17, 15) is 4.79 Å². The molecule has 0 atom stereocenters. The molecule has 26 heavy (non-hydrogen) atoms. The third-order valence-electron chi connectivity index (χ3n) is 4.46. The van der Waals surface area contributed by atoms with Gasteiger partial charge < -0.3 is 9.80 Å². The van der Waals surface area contributed by atoms with Gasteiger partial charge in [0.25, 0.3) is 5.91 Å². The Morgan fingerprint density at radius 2 is 1.62 bits per heavy atom. The zero-order chi connectivity index (χ0) is 17.9. The number of para-hydroxylation sites is 2. The molecule has 1 fully saturated rings. The average molecular weight is 368 g/mol. The SMILES string of the molecule is O=C(c1cnn(-c2ccccc2)n1)N1CCN(c2ccccc2Cl)CC1. The molecule has 3 aromatic rings. The number of rotatable bonds is 3. The van der Waals surface area contributed by atoms with Crippen molar-refractivity contribution in [3.05, 3.63) is 71.5 Å². The van der Waals surface area contributed by atoms with Gasteiger partial charge in [-0.3, -0.25) is 4.79 Å². The highest BCUT2D eigenvalue weighted by Gasteiger charge is 2.25. The Hall–Kier alpha value is -2.86. The highest BCUT2D eigenvalue weighted by Crippen LogP contribution is 2.26. The maximum atomic E-state index is 12.7. The number of hydrogen-bond donors (Lipinski definition) is 0. The second kappa shape index (κ2) is 7.17. The summed E-state index contributed by atoms with van der Waals surface area (Å²) in [5, 5.41) is 9.27. The van der Waals surface area contributed by atoms with E-state index in [1.54, 1.807) is 0 Å². The molecule has 0 bridgehead atoms. The standard InChI is InChI=1S/C19H18ClN5O/c20-16-8-4-5-9-18(16)23-10-12-24(13-11-23)19(26)17-14-21-25(22-17)15-6-2-1-3-7-15/h1-9,14H,10-13H2. The molecular weight excluding hydrogens is 350 g/mol. The van der Waals surface area contributed by atoms with Crippen LogP contribution in [0, 0.1) is 0 Å². The Bertz CT molecular complexity index is 903. The second-order valence-electron chi connectivity index (χ2n) is 6.09. The number of nitrogens with zero attached hydrogens (tertiary/aromatic N) is 5. The van der Waals surface area contributed by atoms with Crippen LogP contribution in [0.5, 0.6) is 0 Å². The molecule has 4 rings (SSSR count). The molecule has 2 heterocycles. The highest BCUT2D eigenvalue weighted by atomic mass is 35.5. The van der Waals surface area contributed by atoms with Crippen molar-refractivity contribution in [3.63, 3.8) is 0 Å². The van der Waals surface area contributed by atoms with Gasteiger partial charge in [-0.2, -0.15) is 9.90 Å². The fourth-order valence-electron chi connectivity index (χ4n) is 3.07. The zero-order valence-electron chi connectivity index (χ0n) is 14.1. The number of aromatic nitrogens is 3. The molecule has 1 aromatic heterocycles. The predicted molar refractivity (Wildman–Crippen MR) is 101 cm³/mol. The lowest BCUT2D eigenvalue weighted by molar-refractivity contribution is 0.0740. The van der Waals surface area contributed by atoms with Crippen LogP contribution in [0.15, 0.2) is 60.8 Å². The topological polar surface area (TPSA) is 54.3 Å². The first kappa shape index (κ1) is 16.6. The van der Waals surface area contributed by atoms with E-state index in [1.807, 2.05) is 59.5 Å². The van der Waals surface area contributed by atoms with Gasteiger partial charge in [0.15, 0.2) is 5.69 Å². The normalized spacial score (nSPS) is 14.5. The van der Waals surface area contributed by atoms with E-state index < -0.39 is 0 Å². The Balaban J connectivity index is 1.43. The number of halogens is 1. The quantitative estimate of drug-likeness (QED) is 0.714. The summed E-state index contributed by atoms with van der Waals surface area (Å²) >= 11 is 6.27. The monoisotopic (exact) mass is 367 g/mol. The molecule has 0 spiro atoms. The molecule has 1 aliphatic rings. The lowest BCUT2D eigenvalue weighted by Gasteiger charge is -2.36. The zero-order valence-corrected chi connectivity index (χ0v) is 14.9. The van der Waals surface area contributed by atoms with Gasteiger partial charge in [0.2, 0.25) is 0 Å². The predicted octanol–water partition coefficient (Wildman–Crippen LogP) is 2.88. The van der Waals surface area contributed by atoms with Crippen LogP contribution in [0.3, 0.4) is 0 Å². The molecule has 1 aliphatic heterocycles. The Morgan fingerprint density at radius 3 is 2.35 bits per heavy atom. The maximum Gasteiger partial charge on any atom is 0.276 e. The first-order chi connectivity index (χ1) is 12.7. The van der Waals surface area contributed by atoms with Gasteiger partial charge in [-0.1, -0.05) is 41.9 Å². The smallest absolute Gasteiger partial charge is 0.276 e. The largest absolute Gasteiger partial charge is 0.367 e. The van der Waals surface area contributed by atoms with Crippen molar-refractivity contribution in [2.24, 2.45) is 0 Å². The molecule has 132 valence electrons. The van der Waals surface area contributed by atoms with Crippen LogP contribution >= 0.6 is 11.6 Å². The van der Waals surface area contributed by atoms with Crippen LogP contribution in [0.2, 0.25) is 5.02 Å². The molecule has 6 nitrogen and oxygen atoms in total. The van der Waals surface area contributed by atoms with Crippen LogP contribution in [0.1, 0.15) is 10.5 Å². The first-order valence-electron chi connectivity index (χ1n) is 8.49. The van der Waals surface area contributed by atoms with Crippen LogP contribution in [-0.4, -0.2) is 52.0 Å². The van der Waals surface area contributed by atoms with E-state index in [0.717, 1.165) is 29.5 Å². The highest BCUT2D eigenvalue weighted by molar-refractivity contribution is 6.33. The fourth-order valence-corrected chi connectivity index (χ4v) is 3.32. The molecule has 0 unspecified atom stereocenters. The van der Waals surface area contributed by atoms with Crippen LogP contribution in [0.4, 0.5) is 5.69 Å². The van der Waals surface area contributed by atoms with Crippen LogP contribution < -0.4 is 4.90 Å². The van der Waals surface area contributed by atoms with E-state index in [1.165, 1.54) is 11.0 Å². The van der Waals surface area contributed by atoms with Crippen molar-refractivity contribution in [1.29, 1.82) is 0 Å². The molecule has 1 amide bonds. The first-order valence-corrected chi connectivity index (χ1v) is 8.87. The molecule has 0 N–H and O–H groups in total. The van der Waals surface area contributed by atoms with Gasteiger partial charge in [0, 0.05) is 26.2 Å². The summed E-state index contributed by atoms with van der Waals surface area (Å²) in [5.41, 5.74) is 2.20. The van der Waals surface area contributed by atoms with Gasteiger partial charge >= 0.3 is 0 Å². The van der Waals surface area contributed by atoms with Gasteiger partial charge in [-0.05, 0) is 24.3 Å². The summed E-state index contributed by atoms with van der Waals surface area (Å²) in [6.07, 6.45) is 1.52. The Labute approximate surface area is 156 Å². The van der Waals surface area contributed by atoms with Gasteiger partial charge in [0.1, 0.15) is 0 Å². The van der Waals surface area contributed by atoms with Crippen molar-refractivity contribution in [2.75, 3.05) is 31.1 Å². The van der Waals surface area contributed by atoms with Gasteiger partial charge in [-0.25, -0.2) is 0 Å². The van der Waals surface area contributed by atoms with Gasteiger partial charge in [-0.15, -0.1) is 5.10 Å². The number of carbonyl (C=O) groups is 1. The molecule has 0 aliphatic carbocycles. The molecule has 7 heteroatoms. The molecule has 2 aromatic carbocycles. The Kier molecular flexibility index (Phi) is 4.58. The summed E-state index contributed by atoms with van der Waals surface area (Å²) in [7, 11) is 0. The number of hydrogen-bond acceptors (Lipinski definition) is 4.